The van der Waals surface area contributed by atoms with Crippen molar-refractivity contribution in [2.75, 3.05) is 26.2 Å². The van der Waals surface area contributed by atoms with E-state index in [0.717, 1.165) is 38.2 Å². The Morgan fingerprint density at radius 3 is 2.67 bits per heavy atom. The molecule has 0 saturated carbocycles. The Morgan fingerprint density at radius 2 is 2.07 bits per heavy atom. The van der Waals surface area contributed by atoms with Crippen molar-refractivity contribution in [2.24, 2.45) is 0 Å². The summed E-state index contributed by atoms with van der Waals surface area (Å²) >= 11 is 0. The molecule has 1 fully saturated rings. The minimum absolute atomic E-state index is 0.0250. The summed E-state index contributed by atoms with van der Waals surface area (Å²) in [6.07, 6.45) is 4.61. The van der Waals surface area contributed by atoms with E-state index in [1.165, 1.54) is 4.90 Å². The highest BCUT2D eigenvalue weighted by molar-refractivity contribution is 5.91. The molecule has 1 amide bonds. The maximum Gasteiger partial charge on any atom is 0.289 e. The Labute approximate surface area is 160 Å². The predicted octanol–water partition coefficient (Wildman–Crippen LogP) is 1.29. The van der Waals surface area contributed by atoms with Crippen molar-refractivity contribution in [1.82, 2.24) is 25.1 Å². The first-order valence-electron chi connectivity index (χ1n) is 9.94. The van der Waals surface area contributed by atoms with Gasteiger partial charge in [-0.25, -0.2) is 4.68 Å². The molecule has 1 atom stereocenters. The topological polar surface area (TPSA) is 81.5 Å². The molecule has 27 heavy (non-hydrogen) atoms. The fourth-order valence-electron chi connectivity index (χ4n) is 3.70. The van der Waals surface area contributed by atoms with Gasteiger partial charge in [0.25, 0.3) is 5.91 Å². The average molecular weight is 375 g/mol. The van der Waals surface area contributed by atoms with Crippen molar-refractivity contribution in [3.8, 4) is 0 Å². The van der Waals surface area contributed by atoms with E-state index in [1.54, 1.807) is 18.4 Å². The van der Waals surface area contributed by atoms with Gasteiger partial charge in [-0.15, -0.1) is 5.10 Å². The number of carbonyl (C=O) groups excluding carboxylic acids is 1. The molecular formula is C19H31N6O2+. The molecule has 3 rings (SSSR count). The zero-order valence-corrected chi connectivity index (χ0v) is 16.8. The monoisotopic (exact) mass is 375 g/mol. The van der Waals surface area contributed by atoms with E-state index < -0.39 is 0 Å². The first kappa shape index (κ1) is 19.5. The highest BCUT2D eigenvalue weighted by Gasteiger charge is 2.36. The standard InChI is InChI=1S/C19H30N6O2/c1-5-8-15(17-20-21-22-25(17)19(3,4)6-2)23-10-12-24(13-11-23)18(26)16-9-7-14-27-16/h7,9,14-15H,5-6,8,10-13H2,1-4H3/p+1/t15-/m1/s1. The molecule has 148 valence electrons. The van der Waals surface area contributed by atoms with Gasteiger partial charge in [0, 0.05) is 6.42 Å². The number of nitrogens with zero attached hydrogens (tertiary/aromatic N) is 5. The third-order valence-electron chi connectivity index (χ3n) is 5.74. The fraction of sp³-hybridized carbons (Fsp3) is 0.684. The highest BCUT2D eigenvalue weighted by Crippen LogP contribution is 2.23. The maximum atomic E-state index is 12.5. The van der Waals surface area contributed by atoms with E-state index in [-0.39, 0.29) is 17.5 Å². The van der Waals surface area contributed by atoms with Crippen LogP contribution < -0.4 is 4.90 Å². The van der Waals surface area contributed by atoms with E-state index in [2.05, 4.69) is 43.2 Å². The summed E-state index contributed by atoms with van der Waals surface area (Å²) in [4.78, 5) is 15.8. The molecule has 0 bridgehead atoms. The number of amides is 1. The predicted molar refractivity (Wildman–Crippen MR) is 100 cm³/mol. The van der Waals surface area contributed by atoms with Gasteiger partial charge in [0.2, 0.25) is 5.82 Å². The lowest BCUT2D eigenvalue weighted by molar-refractivity contribution is -0.936. The van der Waals surface area contributed by atoms with Gasteiger partial charge in [0.15, 0.2) is 5.76 Å². The normalized spacial score (nSPS) is 17.3. The van der Waals surface area contributed by atoms with Crippen molar-refractivity contribution in [2.45, 2.75) is 58.5 Å². The van der Waals surface area contributed by atoms with Gasteiger partial charge in [-0.1, -0.05) is 20.3 Å². The van der Waals surface area contributed by atoms with Gasteiger partial charge in [-0.2, -0.15) is 0 Å². The van der Waals surface area contributed by atoms with Crippen LogP contribution in [0, 0.1) is 0 Å². The van der Waals surface area contributed by atoms with E-state index in [4.69, 9.17) is 4.42 Å². The van der Waals surface area contributed by atoms with Crippen LogP contribution in [0.15, 0.2) is 22.8 Å². The first-order valence-corrected chi connectivity index (χ1v) is 9.94. The Kier molecular flexibility index (Phi) is 5.94. The van der Waals surface area contributed by atoms with E-state index in [9.17, 15) is 4.79 Å². The average Bonchev–Trinajstić information content (AvgIpc) is 3.38. The van der Waals surface area contributed by atoms with Crippen LogP contribution in [0.1, 0.15) is 69.4 Å². The van der Waals surface area contributed by atoms with Crippen molar-refractivity contribution >= 4 is 5.91 Å². The van der Waals surface area contributed by atoms with Gasteiger partial charge in [0.05, 0.1) is 38.0 Å². The zero-order chi connectivity index (χ0) is 19.4. The molecule has 1 N–H and O–H groups in total. The number of furan rings is 1. The quantitative estimate of drug-likeness (QED) is 0.789. The lowest BCUT2D eigenvalue weighted by Gasteiger charge is -2.36. The summed E-state index contributed by atoms with van der Waals surface area (Å²) < 4.78 is 7.26. The molecule has 0 aromatic carbocycles. The molecule has 0 radical (unpaired) electrons. The number of hydrogen-bond donors (Lipinski definition) is 1. The Bertz CT molecular complexity index is 731. The SMILES string of the molecule is CCC[C@H](c1nnnn1C(C)(C)CC)[NH+]1CCN(C(=O)c2ccco2)CC1. The summed E-state index contributed by atoms with van der Waals surface area (Å²) in [5.41, 5.74) is -0.110. The minimum Gasteiger partial charge on any atom is -0.459 e. The number of piperazine rings is 1. The smallest absolute Gasteiger partial charge is 0.289 e. The molecule has 0 unspecified atom stereocenters. The Balaban J connectivity index is 1.73. The number of nitrogens with one attached hydrogen (secondary N) is 1. The van der Waals surface area contributed by atoms with Crippen LogP contribution in [0.3, 0.4) is 0 Å². The van der Waals surface area contributed by atoms with Crippen LogP contribution in [0.5, 0.6) is 0 Å². The van der Waals surface area contributed by atoms with Crippen LogP contribution in [0.25, 0.3) is 0 Å². The number of hydrogen-bond acceptors (Lipinski definition) is 5. The van der Waals surface area contributed by atoms with Crippen LogP contribution >= 0.6 is 0 Å². The molecule has 1 saturated heterocycles. The molecule has 8 nitrogen and oxygen atoms in total. The van der Waals surface area contributed by atoms with Crippen LogP contribution in [-0.2, 0) is 5.54 Å². The lowest BCUT2D eigenvalue weighted by atomic mass is 10.0. The van der Waals surface area contributed by atoms with Gasteiger partial charge in [-0.05, 0) is 42.8 Å². The van der Waals surface area contributed by atoms with Crippen molar-refractivity contribution in [3.63, 3.8) is 0 Å². The summed E-state index contributed by atoms with van der Waals surface area (Å²) in [5.74, 6) is 1.35. The van der Waals surface area contributed by atoms with Crippen molar-refractivity contribution in [3.05, 3.63) is 30.0 Å². The largest absolute Gasteiger partial charge is 0.459 e. The van der Waals surface area contributed by atoms with E-state index in [1.807, 2.05) is 9.58 Å². The summed E-state index contributed by atoms with van der Waals surface area (Å²) in [6.45, 7) is 11.9. The molecule has 0 spiro atoms. The number of carbonyl (C=O) groups is 1. The third-order valence-corrected chi connectivity index (χ3v) is 5.74. The first-order chi connectivity index (χ1) is 13.0. The Morgan fingerprint density at radius 1 is 1.33 bits per heavy atom. The molecule has 0 aliphatic carbocycles. The molecule has 8 heteroatoms. The van der Waals surface area contributed by atoms with Crippen LogP contribution in [0.4, 0.5) is 0 Å². The molecule has 2 aromatic rings. The van der Waals surface area contributed by atoms with Gasteiger partial charge in [-0.3, -0.25) is 4.79 Å². The lowest BCUT2D eigenvalue weighted by Crippen LogP contribution is -3.15. The Hall–Kier alpha value is -2.22. The third kappa shape index (κ3) is 4.05. The molecule has 1 aliphatic heterocycles. The molecule has 3 heterocycles. The number of aromatic nitrogens is 4. The fourth-order valence-corrected chi connectivity index (χ4v) is 3.70. The zero-order valence-electron chi connectivity index (χ0n) is 16.8. The number of rotatable bonds is 7. The van der Waals surface area contributed by atoms with Gasteiger partial charge >= 0.3 is 0 Å². The second kappa shape index (κ2) is 8.21. The summed E-state index contributed by atoms with van der Waals surface area (Å²) in [5, 5.41) is 12.7. The number of quaternary nitrogens is 1. The summed E-state index contributed by atoms with van der Waals surface area (Å²) in [7, 11) is 0. The van der Waals surface area contributed by atoms with Gasteiger partial charge < -0.3 is 14.2 Å². The molecule has 2 aromatic heterocycles. The van der Waals surface area contributed by atoms with E-state index in [0.29, 0.717) is 18.8 Å². The second-order valence-electron chi connectivity index (χ2n) is 7.88. The van der Waals surface area contributed by atoms with Crippen molar-refractivity contribution in [1.29, 1.82) is 0 Å². The highest BCUT2D eigenvalue weighted by atomic mass is 16.3. The minimum atomic E-state index is -0.110. The van der Waals surface area contributed by atoms with Crippen LogP contribution in [-0.4, -0.2) is 57.2 Å². The van der Waals surface area contributed by atoms with Gasteiger partial charge in [0.1, 0.15) is 6.04 Å². The van der Waals surface area contributed by atoms with Crippen molar-refractivity contribution < 1.29 is 14.1 Å². The molecule has 1 aliphatic rings. The summed E-state index contributed by atoms with van der Waals surface area (Å²) in [6, 6.07) is 3.72. The maximum absolute atomic E-state index is 12.5. The van der Waals surface area contributed by atoms with E-state index >= 15 is 0 Å². The van der Waals surface area contributed by atoms with Crippen LogP contribution in [0.2, 0.25) is 0 Å². The number of tetrazole rings is 1. The second-order valence-corrected chi connectivity index (χ2v) is 7.88. The molecular weight excluding hydrogens is 344 g/mol.